The van der Waals surface area contributed by atoms with E-state index in [1.165, 1.54) is 17.3 Å². The van der Waals surface area contributed by atoms with Gasteiger partial charge >= 0.3 is 0 Å². The van der Waals surface area contributed by atoms with Gasteiger partial charge in [0.2, 0.25) is 5.91 Å². The number of carbonyl (C=O) groups excluding carboxylic acids is 1. The summed E-state index contributed by atoms with van der Waals surface area (Å²) in [4.78, 5) is 26.9. The zero-order valence-corrected chi connectivity index (χ0v) is 16.9. The van der Waals surface area contributed by atoms with Crippen LogP contribution in [0.25, 0.3) is 10.2 Å². The van der Waals surface area contributed by atoms with Crippen molar-refractivity contribution in [3.63, 3.8) is 0 Å². The van der Waals surface area contributed by atoms with Crippen molar-refractivity contribution in [1.82, 2.24) is 19.8 Å². The highest BCUT2D eigenvalue weighted by atomic mass is 32.2. The van der Waals surface area contributed by atoms with Gasteiger partial charge < -0.3 is 4.90 Å². The molecule has 7 heteroatoms. The zero-order valence-electron chi connectivity index (χ0n) is 15.2. The molecule has 1 fully saturated rings. The van der Waals surface area contributed by atoms with Crippen molar-refractivity contribution in [3.8, 4) is 0 Å². The minimum absolute atomic E-state index is 0.149. The zero-order chi connectivity index (χ0) is 18.6. The van der Waals surface area contributed by atoms with Gasteiger partial charge in [-0.3, -0.25) is 9.69 Å². The number of piperazine rings is 1. The van der Waals surface area contributed by atoms with E-state index in [2.05, 4.69) is 39.1 Å². The van der Waals surface area contributed by atoms with Crippen molar-refractivity contribution in [1.29, 1.82) is 0 Å². The van der Waals surface area contributed by atoms with Gasteiger partial charge in [0, 0.05) is 38.1 Å². The van der Waals surface area contributed by atoms with Crippen molar-refractivity contribution in [2.75, 3.05) is 26.2 Å². The Bertz CT molecular complexity index is 907. The van der Waals surface area contributed by atoms with Crippen LogP contribution in [0.2, 0.25) is 0 Å². The Balaban J connectivity index is 1.33. The second-order valence-corrected chi connectivity index (χ2v) is 8.89. The highest BCUT2D eigenvalue weighted by Gasteiger charge is 2.26. The second-order valence-electron chi connectivity index (χ2n) is 6.67. The van der Waals surface area contributed by atoms with Crippen LogP contribution in [0.1, 0.15) is 12.5 Å². The van der Waals surface area contributed by atoms with Crippen molar-refractivity contribution in [3.05, 3.63) is 53.7 Å². The molecule has 2 aromatic heterocycles. The third kappa shape index (κ3) is 4.31. The number of thioether (sulfide) groups is 1. The van der Waals surface area contributed by atoms with E-state index in [0.717, 1.165) is 48.0 Å². The molecule has 0 radical (unpaired) electrons. The number of aromatic nitrogens is 2. The molecular formula is C20H22N4OS2. The third-order valence-electron chi connectivity index (χ3n) is 4.79. The van der Waals surface area contributed by atoms with Crippen molar-refractivity contribution in [2.24, 2.45) is 0 Å². The summed E-state index contributed by atoms with van der Waals surface area (Å²) in [6.45, 7) is 6.33. The molecular weight excluding hydrogens is 376 g/mol. The molecule has 1 atom stereocenters. The highest BCUT2D eigenvalue weighted by Crippen LogP contribution is 2.31. The number of nitrogens with zero attached hydrogens (tertiary/aromatic N) is 4. The molecule has 0 aliphatic carbocycles. The van der Waals surface area contributed by atoms with Gasteiger partial charge in [0.15, 0.2) is 0 Å². The normalized spacial score (nSPS) is 16.6. The van der Waals surface area contributed by atoms with Crippen molar-refractivity contribution in [2.45, 2.75) is 23.7 Å². The van der Waals surface area contributed by atoms with Gasteiger partial charge in [0.05, 0.1) is 5.25 Å². The van der Waals surface area contributed by atoms with Crippen LogP contribution in [0.15, 0.2) is 53.1 Å². The Hall–Kier alpha value is -1.96. The first kappa shape index (κ1) is 18.4. The summed E-state index contributed by atoms with van der Waals surface area (Å²) in [7, 11) is 0. The van der Waals surface area contributed by atoms with Crippen LogP contribution in [0.3, 0.4) is 0 Å². The lowest BCUT2D eigenvalue weighted by atomic mass is 10.2. The van der Waals surface area contributed by atoms with Crippen LogP contribution in [-0.4, -0.2) is 57.1 Å². The Kier molecular flexibility index (Phi) is 5.71. The molecule has 3 heterocycles. The number of rotatable bonds is 5. The topological polar surface area (TPSA) is 49.3 Å². The lowest BCUT2D eigenvalue weighted by Gasteiger charge is -2.35. The molecule has 1 saturated heterocycles. The Morgan fingerprint density at radius 3 is 2.70 bits per heavy atom. The van der Waals surface area contributed by atoms with E-state index in [-0.39, 0.29) is 11.2 Å². The molecule has 4 rings (SSSR count). The van der Waals surface area contributed by atoms with E-state index in [4.69, 9.17) is 0 Å². The number of benzene rings is 1. The van der Waals surface area contributed by atoms with Crippen molar-refractivity contribution < 1.29 is 4.79 Å². The van der Waals surface area contributed by atoms with E-state index >= 15 is 0 Å². The van der Waals surface area contributed by atoms with Crippen molar-refractivity contribution >= 4 is 39.2 Å². The lowest BCUT2D eigenvalue weighted by molar-refractivity contribution is -0.132. The fourth-order valence-corrected chi connectivity index (χ4v) is 5.09. The molecule has 140 valence electrons. The number of thiophene rings is 1. The summed E-state index contributed by atoms with van der Waals surface area (Å²) in [5.74, 6) is 0.196. The number of amides is 1. The summed E-state index contributed by atoms with van der Waals surface area (Å²) in [6.07, 6.45) is 1.58. The van der Waals surface area contributed by atoms with Crippen LogP contribution >= 0.6 is 23.1 Å². The SMILES string of the molecule is CC(Sc1ncnc2sccc12)C(=O)N1CCN(Cc2ccccc2)CC1. The quantitative estimate of drug-likeness (QED) is 0.486. The van der Waals surface area contributed by atoms with Gasteiger partial charge in [-0.05, 0) is 23.9 Å². The molecule has 0 saturated carbocycles. The Labute approximate surface area is 167 Å². The van der Waals surface area contributed by atoms with Gasteiger partial charge in [-0.2, -0.15) is 0 Å². The predicted molar refractivity (Wildman–Crippen MR) is 111 cm³/mol. The molecule has 1 unspecified atom stereocenters. The maximum Gasteiger partial charge on any atom is 0.235 e. The number of fused-ring (bicyclic) bond motifs is 1. The lowest BCUT2D eigenvalue weighted by Crippen LogP contribution is -2.50. The monoisotopic (exact) mass is 398 g/mol. The Morgan fingerprint density at radius 1 is 1.15 bits per heavy atom. The number of hydrogen-bond acceptors (Lipinski definition) is 6. The summed E-state index contributed by atoms with van der Waals surface area (Å²) < 4.78 is 0. The van der Waals surface area contributed by atoms with Gasteiger partial charge in [0.25, 0.3) is 0 Å². The molecule has 27 heavy (non-hydrogen) atoms. The summed E-state index contributed by atoms with van der Waals surface area (Å²) in [6, 6.07) is 12.5. The average molecular weight is 399 g/mol. The van der Waals surface area contributed by atoms with Crippen LogP contribution < -0.4 is 0 Å². The van der Waals surface area contributed by atoms with E-state index in [1.54, 1.807) is 17.7 Å². The fourth-order valence-electron chi connectivity index (χ4n) is 3.30. The molecule has 5 nitrogen and oxygen atoms in total. The largest absolute Gasteiger partial charge is 0.339 e. The first-order valence-corrected chi connectivity index (χ1v) is 10.9. The average Bonchev–Trinajstić information content (AvgIpc) is 3.19. The van der Waals surface area contributed by atoms with E-state index < -0.39 is 0 Å². The van der Waals surface area contributed by atoms with Crippen LogP contribution in [0.5, 0.6) is 0 Å². The van der Waals surface area contributed by atoms with E-state index in [9.17, 15) is 4.79 Å². The second kappa shape index (κ2) is 8.37. The predicted octanol–water partition coefficient (Wildman–Crippen LogP) is 3.52. The number of hydrogen-bond donors (Lipinski definition) is 0. The van der Waals surface area contributed by atoms with Gasteiger partial charge in [-0.25, -0.2) is 9.97 Å². The molecule has 3 aromatic rings. The maximum absolute atomic E-state index is 12.9. The van der Waals surface area contributed by atoms with Crippen LogP contribution in [0.4, 0.5) is 0 Å². The summed E-state index contributed by atoms with van der Waals surface area (Å²) in [5, 5.41) is 3.80. The molecule has 0 spiro atoms. The van der Waals surface area contributed by atoms with Gasteiger partial charge in [-0.15, -0.1) is 11.3 Å². The Morgan fingerprint density at radius 2 is 1.93 bits per heavy atom. The first-order valence-electron chi connectivity index (χ1n) is 9.10. The van der Waals surface area contributed by atoms with Crippen LogP contribution in [-0.2, 0) is 11.3 Å². The number of carbonyl (C=O) groups is 1. The first-order chi connectivity index (χ1) is 13.2. The van der Waals surface area contributed by atoms with Gasteiger partial charge in [0.1, 0.15) is 16.2 Å². The smallest absolute Gasteiger partial charge is 0.235 e. The molecule has 1 aromatic carbocycles. The summed E-state index contributed by atoms with van der Waals surface area (Å²) >= 11 is 3.13. The minimum Gasteiger partial charge on any atom is -0.339 e. The molecule has 1 aliphatic heterocycles. The third-order valence-corrected chi connectivity index (χ3v) is 6.72. The van der Waals surface area contributed by atoms with Gasteiger partial charge in [-0.1, -0.05) is 42.1 Å². The maximum atomic E-state index is 12.9. The minimum atomic E-state index is -0.149. The molecule has 1 amide bonds. The van der Waals surface area contributed by atoms with Crippen LogP contribution in [0, 0.1) is 0 Å². The highest BCUT2D eigenvalue weighted by molar-refractivity contribution is 8.00. The molecule has 0 N–H and O–H groups in total. The molecule has 0 bridgehead atoms. The van der Waals surface area contributed by atoms with E-state index in [1.807, 2.05) is 29.3 Å². The molecule has 1 aliphatic rings. The summed E-state index contributed by atoms with van der Waals surface area (Å²) in [5.41, 5.74) is 1.32. The standard InChI is InChI=1S/C20H22N4OS2/c1-15(27-19-17-7-12-26-18(17)21-14-22-19)20(25)24-10-8-23(9-11-24)13-16-5-3-2-4-6-16/h2-7,12,14-15H,8-11,13H2,1H3. The van der Waals surface area contributed by atoms with E-state index in [0.29, 0.717) is 0 Å². The fraction of sp³-hybridized carbons (Fsp3) is 0.350.